The minimum Gasteiger partial charge on any atom is -0.300 e. The molecule has 1 heterocycles. The van der Waals surface area contributed by atoms with Gasteiger partial charge in [0.1, 0.15) is 5.78 Å². The maximum Gasteiger partial charge on any atom is 0.211 e. The smallest absolute Gasteiger partial charge is 0.211 e. The molecule has 0 aromatic rings. The molecule has 4 nitrogen and oxygen atoms in total. The number of rotatable bonds is 3. The van der Waals surface area contributed by atoms with Gasteiger partial charge >= 0.3 is 0 Å². The minimum atomic E-state index is -3.06. The Kier molecular flexibility index (Phi) is 3.83. The van der Waals surface area contributed by atoms with Gasteiger partial charge in [-0.1, -0.05) is 6.92 Å². The Labute approximate surface area is 110 Å². The summed E-state index contributed by atoms with van der Waals surface area (Å²) in [5, 5.41) is 0. The van der Waals surface area contributed by atoms with E-state index in [0.29, 0.717) is 37.6 Å². The topological polar surface area (TPSA) is 54.5 Å². The van der Waals surface area contributed by atoms with E-state index in [9.17, 15) is 13.2 Å². The molecule has 0 aromatic heterocycles. The molecule has 2 fully saturated rings. The lowest BCUT2D eigenvalue weighted by Crippen LogP contribution is -2.40. The van der Waals surface area contributed by atoms with E-state index in [0.717, 1.165) is 25.7 Å². The van der Waals surface area contributed by atoms with E-state index in [2.05, 4.69) is 6.92 Å². The first kappa shape index (κ1) is 14.0. The summed E-state index contributed by atoms with van der Waals surface area (Å²) in [6.45, 7) is 3.48. The predicted octanol–water partition coefficient (Wildman–Crippen LogP) is 1.81. The second-order valence-corrected chi connectivity index (χ2v) is 8.34. The van der Waals surface area contributed by atoms with Crippen molar-refractivity contribution in [3.8, 4) is 0 Å². The molecule has 0 radical (unpaired) electrons. The third-order valence-electron chi connectivity index (χ3n) is 4.36. The van der Waals surface area contributed by atoms with Crippen LogP contribution in [0.1, 0.15) is 45.4 Å². The van der Waals surface area contributed by atoms with Gasteiger partial charge < -0.3 is 0 Å². The van der Waals surface area contributed by atoms with E-state index in [1.165, 1.54) is 6.26 Å². The number of hydrogen-bond acceptors (Lipinski definition) is 3. The first-order valence-corrected chi connectivity index (χ1v) is 8.60. The Morgan fingerprint density at radius 2 is 2.17 bits per heavy atom. The fourth-order valence-corrected chi connectivity index (χ4v) is 4.40. The summed E-state index contributed by atoms with van der Waals surface area (Å²) in [5.74, 6) is 0.789. The Balaban J connectivity index is 1.96. The van der Waals surface area contributed by atoms with Crippen LogP contribution in [0.5, 0.6) is 0 Å². The van der Waals surface area contributed by atoms with E-state index in [-0.39, 0.29) is 5.41 Å². The summed E-state index contributed by atoms with van der Waals surface area (Å²) in [4.78, 5) is 11.4. The quantitative estimate of drug-likeness (QED) is 0.788. The van der Waals surface area contributed by atoms with Gasteiger partial charge in [-0.3, -0.25) is 4.79 Å². The molecule has 0 amide bonds. The molecule has 2 unspecified atom stereocenters. The Morgan fingerprint density at radius 1 is 1.44 bits per heavy atom. The van der Waals surface area contributed by atoms with Crippen LogP contribution in [0.25, 0.3) is 0 Å². The van der Waals surface area contributed by atoms with Gasteiger partial charge in [0.2, 0.25) is 10.0 Å². The molecule has 104 valence electrons. The molecule has 2 rings (SSSR count). The van der Waals surface area contributed by atoms with E-state index < -0.39 is 10.0 Å². The maximum absolute atomic E-state index is 11.6. The SMILES string of the molecule is CC1(CC2CCCN(S(C)(=O)=O)C2)CCC(=O)C1. The Morgan fingerprint density at radius 3 is 2.72 bits per heavy atom. The van der Waals surface area contributed by atoms with Crippen molar-refractivity contribution in [3.63, 3.8) is 0 Å². The van der Waals surface area contributed by atoms with E-state index in [4.69, 9.17) is 0 Å². The summed E-state index contributed by atoms with van der Waals surface area (Å²) >= 11 is 0. The van der Waals surface area contributed by atoms with Crippen molar-refractivity contribution in [2.45, 2.75) is 45.4 Å². The van der Waals surface area contributed by atoms with Crippen LogP contribution in [-0.2, 0) is 14.8 Å². The number of Topliss-reactive ketones (excluding diaryl/α,β-unsaturated/α-hetero) is 1. The summed E-state index contributed by atoms with van der Waals surface area (Å²) < 4.78 is 24.7. The maximum atomic E-state index is 11.6. The molecule has 0 bridgehead atoms. The lowest BCUT2D eigenvalue weighted by atomic mass is 9.77. The van der Waals surface area contributed by atoms with Crippen LogP contribution in [0.15, 0.2) is 0 Å². The van der Waals surface area contributed by atoms with Crippen molar-refractivity contribution in [2.24, 2.45) is 11.3 Å². The van der Waals surface area contributed by atoms with Crippen LogP contribution in [0, 0.1) is 11.3 Å². The van der Waals surface area contributed by atoms with Crippen LogP contribution < -0.4 is 0 Å². The zero-order valence-electron chi connectivity index (χ0n) is 11.3. The van der Waals surface area contributed by atoms with Gasteiger partial charge in [0.15, 0.2) is 0 Å². The highest BCUT2D eigenvalue weighted by Gasteiger charge is 2.37. The summed E-state index contributed by atoms with van der Waals surface area (Å²) in [6, 6.07) is 0. The summed E-state index contributed by atoms with van der Waals surface area (Å²) in [6.07, 6.45) is 6.68. The van der Waals surface area contributed by atoms with Gasteiger partial charge in [-0.25, -0.2) is 12.7 Å². The normalized spacial score (nSPS) is 35.0. The highest BCUT2D eigenvalue weighted by molar-refractivity contribution is 7.88. The van der Waals surface area contributed by atoms with Crippen LogP contribution in [0.2, 0.25) is 0 Å². The third kappa shape index (κ3) is 3.32. The molecule has 1 saturated heterocycles. The first-order valence-electron chi connectivity index (χ1n) is 6.75. The molecule has 5 heteroatoms. The van der Waals surface area contributed by atoms with Crippen molar-refractivity contribution in [1.82, 2.24) is 4.31 Å². The Hall–Kier alpha value is -0.420. The lowest BCUT2D eigenvalue weighted by molar-refractivity contribution is -0.118. The molecule has 1 aliphatic carbocycles. The average Bonchev–Trinajstić information content (AvgIpc) is 2.57. The first-order chi connectivity index (χ1) is 8.28. The van der Waals surface area contributed by atoms with Crippen molar-refractivity contribution >= 4 is 15.8 Å². The minimum absolute atomic E-state index is 0.113. The number of hydrogen-bond donors (Lipinski definition) is 0. The Bertz CT molecular complexity index is 432. The van der Waals surface area contributed by atoms with Crippen molar-refractivity contribution in [2.75, 3.05) is 19.3 Å². The second-order valence-electron chi connectivity index (χ2n) is 6.36. The lowest BCUT2D eigenvalue weighted by Gasteiger charge is -2.35. The standard InChI is InChI=1S/C13H23NO3S/c1-13(6-5-12(15)9-13)8-11-4-3-7-14(10-11)18(2,16)17/h11H,3-10H2,1-2H3. The van der Waals surface area contributed by atoms with Crippen LogP contribution >= 0.6 is 0 Å². The predicted molar refractivity (Wildman–Crippen MR) is 70.7 cm³/mol. The van der Waals surface area contributed by atoms with Crippen LogP contribution in [0.3, 0.4) is 0 Å². The monoisotopic (exact) mass is 273 g/mol. The molecular weight excluding hydrogens is 250 g/mol. The molecule has 1 aliphatic heterocycles. The number of piperidine rings is 1. The largest absolute Gasteiger partial charge is 0.300 e. The molecular formula is C13H23NO3S. The van der Waals surface area contributed by atoms with E-state index >= 15 is 0 Å². The van der Waals surface area contributed by atoms with Crippen LogP contribution in [0.4, 0.5) is 0 Å². The van der Waals surface area contributed by atoms with Gasteiger partial charge in [0, 0.05) is 25.9 Å². The number of carbonyl (C=O) groups excluding carboxylic acids is 1. The third-order valence-corrected chi connectivity index (χ3v) is 5.63. The number of sulfonamides is 1. The molecule has 1 saturated carbocycles. The van der Waals surface area contributed by atoms with E-state index in [1.54, 1.807) is 4.31 Å². The average molecular weight is 273 g/mol. The van der Waals surface area contributed by atoms with E-state index in [1.807, 2.05) is 0 Å². The van der Waals surface area contributed by atoms with Gasteiger partial charge in [-0.05, 0) is 37.0 Å². The zero-order valence-corrected chi connectivity index (χ0v) is 12.1. The highest BCUT2D eigenvalue weighted by atomic mass is 32.2. The van der Waals surface area contributed by atoms with Crippen molar-refractivity contribution < 1.29 is 13.2 Å². The fraction of sp³-hybridized carbons (Fsp3) is 0.923. The number of nitrogens with zero attached hydrogens (tertiary/aromatic N) is 1. The second kappa shape index (κ2) is 4.93. The highest BCUT2D eigenvalue weighted by Crippen LogP contribution is 2.42. The fourth-order valence-electron chi connectivity index (χ4n) is 3.46. The van der Waals surface area contributed by atoms with Gasteiger partial charge in [0.05, 0.1) is 6.26 Å². The van der Waals surface area contributed by atoms with Crippen molar-refractivity contribution in [3.05, 3.63) is 0 Å². The van der Waals surface area contributed by atoms with Crippen molar-refractivity contribution in [1.29, 1.82) is 0 Å². The molecule has 0 aromatic carbocycles. The van der Waals surface area contributed by atoms with Gasteiger partial charge in [-0.15, -0.1) is 0 Å². The summed E-state index contributed by atoms with van der Waals surface area (Å²) in [7, 11) is -3.06. The zero-order chi connectivity index (χ0) is 13.4. The number of ketones is 1. The molecule has 0 spiro atoms. The molecule has 0 N–H and O–H groups in total. The molecule has 2 aliphatic rings. The van der Waals surface area contributed by atoms with Gasteiger partial charge in [0.25, 0.3) is 0 Å². The number of carbonyl (C=O) groups is 1. The molecule has 2 atom stereocenters. The van der Waals surface area contributed by atoms with Crippen LogP contribution in [-0.4, -0.2) is 37.9 Å². The van der Waals surface area contributed by atoms with Gasteiger partial charge in [-0.2, -0.15) is 0 Å². The summed E-state index contributed by atoms with van der Waals surface area (Å²) in [5.41, 5.74) is 0.113. The molecule has 18 heavy (non-hydrogen) atoms.